The van der Waals surface area contributed by atoms with E-state index in [2.05, 4.69) is 0 Å². The molecule has 0 bridgehead atoms. The van der Waals surface area contributed by atoms with Crippen LogP contribution < -0.4 is 10.5 Å². The van der Waals surface area contributed by atoms with Crippen molar-refractivity contribution >= 4 is 11.6 Å². The summed E-state index contributed by atoms with van der Waals surface area (Å²) >= 11 is 5.87. The minimum atomic E-state index is -0.303. The van der Waals surface area contributed by atoms with Gasteiger partial charge >= 0.3 is 0 Å². The summed E-state index contributed by atoms with van der Waals surface area (Å²) in [4.78, 5) is 0. The predicted octanol–water partition coefficient (Wildman–Crippen LogP) is 3.73. The lowest BCUT2D eigenvalue weighted by atomic mass is 9.99. The van der Waals surface area contributed by atoms with Crippen molar-refractivity contribution in [3.05, 3.63) is 64.4 Å². The Morgan fingerprint density at radius 3 is 2.79 bits per heavy atom. The van der Waals surface area contributed by atoms with E-state index in [1.807, 2.05) is 24.3 Å². The van der Waals surface area contributed by atoms with Crippen LogP contribution >= 0.6 is 11.6 Å². The maximum atomic E-state index is 13.7. The molecule has 1 unspecified atom stereocenters. The zero-order chi connectivity index (χ0) is 13.8. The van der Waals surface area contributed by atoms with Crippen LogP contribution in [-0.4, -0.2) is 7.11 Å². The summed E-state index contributed by atoms with van der Waals surface area (Å²) in [6.07, 6.45) is 0.388. The van der Waals surface area contributed by atoms with Crippen LogP contribution in [-0.2, 0) is 6.42 Å². The van der Waals surface area contributed by atoms with Crippen LogP contribution in [0.3, 0.4) is 0 Å². The van der Waals surface area contributed by atoms with Crippen LogP contribution in [0.5, 0.6) is 5.75 Å². The van der Waals surface area contributed by atoms with Crippen LogP contribution in [0.1, 0.15) is 17.2 Å². The van der Waals surface area contributed by atoms with Crippen molar-refractivity contribution in [1.29, 1.82) is 0 Å². The fourth-order valence-electron chi connectivity index (χ4n) is 1.93. The monoisotopic (exact) mass is 279 g/mol. The Morgan fingerprint density at radius 2 is 2.05 bits per heavy atom. The molecule has 0 aliphatic heterocycles. The summed E-state index contributed by atoms with van der Waals surface area (Å²) in [7, 11) is 1.60. The Kier molecular flexibility index (Phi) is 4.40. The molecule has 0 fully saturated rings. The van der Waals surface area contributed by atoms with Crippen LogP contribution in [0.15, 0.2) is 42.5 Å². The second kappa shape index (κ2) is 6.04. The number of nitrogens with two attached hydrogens (primary N) is 1. The Hall–Kier alpha value is -1.58. The van der Waals surface area contributed by atoms with E-state index in [-0.39, 0.29) is 11.9 Å². The molecule has 0 aliphatic carbocycles. The fourth-order valence-corrected chi connectivity index (χ4v) is 2.12. The van der Waals surface area contributed by atoms with Crippen molar-refractivity contribution in [1.82, 2.24) is 0 Å². The summed E-state index contributed by atoms with van der Waals surface area (Å²) in [6.45, 7) is 0. The van der Waals surface area contributed by atoms with E-state index in [0.717, 1.165) is 11.3 Å². The van der Waals surface area contributed by atoms with Crippen molar-refractivity contribution in [2.24, 2.45) is 5.73 Å². The minimum Gasteiger partial charge on any atom is -0.497 e. The lowest BCUT2D eigenvalue weighted by molar-refractivity contribution is 0.413. The summed E-state index contributed by atoms with van der Waals surface area (Å²) in [5.74, 6) is 0.447. The average molecular weight is 280 g/mol. The van der Waals surface area contributed by atoms with E-state index in [1.165, 1.54) is 12.1 Å². The normalized spacial score (nSPS) is 12.2. The minimum absolute atomic E-state index is 0.289. The molecule has 2 N–H and O–H groups in total. The Balaban J connectivity index is 2.20. The largest absolute Gasteiger partial charge is 0.497 e. The van der Waals surface area contributed by atoms with Gasteiger partial charge in [-0.1, -0.05) is 23.7 Å². The number of benzene rings is 2. The first-order valence-corrected chi connectivity index (χ1v) is 6.31. The lowest BCUT2D eigenvalue weighted by Gasteiger charge is -2.14. The molecule has 0 aliphatic rings. The van der Waals surface area contributed by atoms with Crippen molar-refractivity contribution in [3.8, 4) is 5.75 Å². The molecule has 2 rings (SSSR count). The molecule has 2 nitrogen and oxygen atoms in total. The summed E-state index contributed by atoms with van der Waals surface area (Å²) in [5, 5.41) is 0.509. The molecule has 1 atom stereocenters. The van der Waals surface area contributed by atoms with Gasteiger partial charge in [0, 0.05) is 11.1 Å². The molecule has 0 amide bonds. The average Bonchev–Trinajstić information content (AvgIpc) is 2.43. The Labute approximate surface area is 117 Å². The van der Waals surface area contributed by atoms with Gasteiger partial charge in [-0.25, -0.2) is 4.39 Å². The first-order chi connectivity index (χ1) is 9.10. The smallest absolute Gasteiger partial charge is 0.126 e. The van der Waals surface area contributed by atoms with Crippen LogP contribution in [0.4, 0.5) is 4.39 Å². The van der Waals surface area contributed by atoms with E-state index >= 15 is 0 Å². The topological polar surface area (TPSA) is 35.2 Å². The van der Waals surface area contributed by atoms with Gasteiger partial charge in [0.15, 0.2) is 0 Å². The molecule has 0 saturated carbocycles. The molecule has 0 radical (unpaired) electrons. The van der Waals surface area contributed by atoms with Crippen molar-refractivity contribution in [2.45, 2.75) is 12.5 Å². The SMILES string of the molecule is COc1cccc(C(N)Cc2cc(Cl)ccc2F)c1. The molecule has 2 aromatic rings. The highest BCUT2D eigenvalue weighted by Gasteiger charge is 2.11. The third kappa shape index (κ3) is 3.46. The molecular formula is C15H15ClFNO. The van der Waals surface area contributed by atoms with E-state index in [0.29, 0.717) is 17.0 Å². The van der Waals surface area contributed by atoms with Crippen molar-refractivity contribution < 1.29 is 9.13 Å². The maximum absolute atomic E-state index is 13.7. The summed E-state index contributed by atoms with van der Waals surface area (Å²) in [5.41, 5.74) is 7.52. The second-order valence-corrected chi connectivity index (χ2v) is 4.76. The third-order valence-electron chi connectivity index (χ3n) is 2.97. The van der Waals surface area contributed by atoms with Gasteiger partial charge in [-0.05, 0) is 47.9 Å². The zero-order valence-electron chi connectivity index (χ0n) is 10.6. The lowest BCUT2D eigenvalue weighted by Crippen LogP contribution is -2.14. The van der Waals surface area contributed by atoms with Gasteiger partial charge in [-0.3, -0.25) is 0 Å². The second-order valence-electron chi connectivity index (χ2n) is 4.32. The number of hydrogen-bond donors (Lipinski definition) is 1. The van der Waals surface area contributed by atoms with E-state index in [4.69, 9.17) is 22.1 Å². The molecule has 0 spiro atoms. The van der Waals surface area contributed by atoms with Gasteiger partial charge in [0.05, 0.1) is 7.11 Å². The molecular weight excluding hydrogens is 265 g/mol. The van der Waals surface area contributed by atoms with Gasteiger partial charge in [-0.2, -0.15) is 0 Å². The van der Waals surface area contributed by atoms with Crippen LogP contribution in [0, 0.1) is 5.82 Å². The Morgan fingerprint density at radius 1 is 1.26 bits per heavy atom. The number of ether oxygens (including phenoxy) is 1. The van der Waals surface area contributed by atoms with Crippen LogP contribution in [0.2, 0.25) is 5.02 Å². The molecule has 0 saturated heterocycles. The van der Waals surface area contributed by atoms with E-state index in [1.54, 1.807) is 13.2 Å². The maximum Gasteiger partial charge on any atom is 0.126 e. The van der Waals surface area contributed by atoms with Gasteiger partial charge in [-0.15, -0.1) is 0 Å². The molecule has 4 heteroatoms. The highest BCUT2D eigenvalue weighted by Crippen LogP contribution is 2.23. The fraction of sp³-hybridized carbons (Fsp3) is 0.200. The molecule has 0 heterocycles. The number of hydrogen-bond acceptors (Lipinski definition) is 2. The quantitative estimate of drug-likeness (QED) is 0.925. The number of halogens is 2. The number of methoxy groups -OCH3 is 1. The van der Waals surface area contributed by atoms with Crippen LogP contribution in [0.25, 0.3) is 0 Å². The third-order valence-corrected chi connectivity index (χ3v) is 3.20. The molecule has 0 aromatic heterocycles. The molecule has 2 aromatic carbocycles. The zero-order valence-corrected chi connectivity index (χ0v) is 11.3. The van der Waals surface area contributed by atoms with E-state index < -0.39 is 0 Å². The van der Waals surface area contributed by atoms with E-state index in [9.17, 15) is 4.39 Å². The van der Waals surface area contributed by atoms with Gasteiger partial charge in [0.2, 0.25) is 0 Å². The van der Waals surface area contributed by atoms with Crippen molar-refractivity contribution in [2.75, 3.05) is 7.11 Å². The standard InChI is InChI=1S/C15H15ClFNO/c1-19-13-4-2-3-10(8-13)15(18)9-11-7-12(16)5-6-14(11)17/h2-8,15H,9,18H2,1H3. The highest BCUT2D eigenvalue weighted by atomic mass is 35.5. The predicted molar refractivity (Wildman–Crippen MR) is 75.0 cm³/mol. The first kappa shape index (κ1) is 13.8. The molecule has 100 valence electrons. The Bertz CT molecular complexity index is 574. The van der Waals surface area contributed by atoms with Gasteiger partial charge in [0.1, 0.15) is 11.6 Å². The first-order valence-electron chi connectivity index (χ1n) is 5.93. The van der Waals surface area contributed by atoms with Gasteiger partial charge < -0.3 is 10.5 Å². The summed E-state index contributed by atoms with van der Waals surface area (Å²) < 4.78 is 18.8. The van der Waals surface area contributed by atoms with Gasteiger partial charge in [0.25, 0.3) is 0 Å². The number of rotatable bonds is 4. The summed E-state index contributed by atoms with van der Waals surface area (Å²) in [6, 6.07) is 11.6. The highest BCUT2D eigenvalue weighted by molar-refractivity contribution is 6.30. The molecule has 19 heavy (non-hydrogen) atoms. The van der Waals surface area contributed by atoms with Crippen molar-refractivity contribution in [3.63, 3.8) is 0 Å².